The van der Waals surface area contributed by atoms with E-state index in [1.807, 2.05) is 63.2 Å². The summed E-state index contributed by atoms with van der Waals surface area (Å²) in [5, 5.41) is 12.8. The van der Waals surface area contributed by atoms with Crippen LogP contribution in [0.25, 0.3) is 28.4 Å². The summed E-state index contributed by atoms with van der Waals surface area (Å²) in [5.74, 6) is 0.446. The van der Waals surface area contributed by atoms with E-state index in [4.69, 9.17) is 0 Å². The monoisotopic (exact) mass is 369 g/mol. The lowest BCUT2D eigenvalue weighted by atomic mass is 10.1. The van der Waals surface area contributed by atoms with Gasteiger partial charge in [0.05, 0.1) is 27.9 Å². The molecule has 6 nitrogen and oxygen atoms in total. The average Bonchev–Trinajstić information content (AvgIpc) is 3.21. The minimum atomic E-state index is -0.201. The number of nitriles is 1. The number of benzene rings is 2. The number of aryl methyl sites for hydroxylation is 3. The van der Waals surface area contributed by atoms with Crippen LogP contribution in [-0.4, -0.2) is 19.7 Å². The highest BCUT2D eigenvalue weighted by molar-refractivity contribution is 5.90. The highest BCUT2D eigenvalue weighted by Crippen LogP contribution is 2.20. The Bertz CT molecular complexity index is 1290. The molecule has 0 saturated carbocycles. The molecular formula is C22H19N5O. The number of imidazole rings is 1. The van der Waals surface area contributed by atoms with E-state index < -0.39 is 0 Å². The molecule has 0 aliphatic rings. The van der Waals surface area contributed by atoms with Gasteiger partial charge in [-0.3, -0.25) is 9.89 Å². The molecule has 0 radical (unpaired) electrons. The predicted octanol–water partition coefficient (Wildman–Crippen LogP) is 4.03. The van der Waals surface area contributed by atoms with Gasteiger partial charge in [0.25, 0.3) is 5.56 Å². The summed E-state index contributed by atoms with van der Waals surface area (Å²) in [7, 11) is 0. The predicted molar refractivity (Wildman–Crippen MR) is 110 cm³/mol. The second-order valence-corrected chi connectivity index (χ2v) is 6.85. The molecule has 0 unspecified atom stereocenters. The van der Waals surface area contributed by atoms with Crippen molar-refractivity contribution in [2.75, 3.05) is 0 Å². The summed E-state index contributed by atoms with van der Waals surface area (Å²) in [5.41, 5.74) is 5.78. The van der Waals surface area contributed by atoms with Gasteiger partial charge in [0.1, 0.15) is 11.9 Å². The van der Waals surface area contributed by atoms with Crippen molar-refractivity contribution in [2.45, 2.75) is 20.8 Å². The number of fused-ring (bicyclic) bond motifs is 1. The van der Waals surface area contributed by atoms with Crippen molar-refractivity contribution < 1.29 is 0 Å². The molecule has 6 heteroatoms. The highest BCUT2D eigenvalue weighted by atomic mass is 16.1. The van der Waals surface area contributed by atoms with Crippen molar-refractivity contribution >= 4 is 22.7 Å². The smallest absolute Gasteiger partial charge is 0.278 e. The van der Waals surface area contributed by atoms with Crippen molar-refractivity contribution in [1.82, 2.24) is 19.7 Å². The second-order valence-electron chi connectivity index (χ2n) is 6.85. The van der Waals surface area contributed by atoms with Crippen LogP contribution in [-0.2, 0) is 0 Å². The molecule has 138 valence electrons. The first-order valence-corrected chi connectivity index (χ1v) is 8.94. The Labute approximate surface area is 161 Å². The van der Waals surface area contributed by atoms with Gasteiger partial charge in [-0.15, -0.1) is 0 Å². The first-order chi connectivity index (χ1) is 13.5. The van der Waals surface area contributed by atoms with Gasteiger partial charge in [-0.2, -0.15) is 5.26 Å². The van der Waals surface area contributed by atoms with E-state index in [2.05, 4.69) is 21.1 Å². The van der Waals surface area contributed by atoms with E-state index in [-0.39, 0.29) is 5.56 Å². The van der Waals surface area contributed by atoms with Gasteiger partial charge in [0, 0.05) is 5.69 Å². The summed E-state index contributed by atoms with van der Waals surface area (Å²) in [4.78, 5) is 20.6. The molecule has 0 aliphatic heterocycles. The number of hydrogen-bond donors (Lipinski definition) is 2. The van der Waals surface area contributed by atoms with Crippen LogP contribution < -0.4 is 5.56 Å². The first kappa shape index (κ1) is 17.6. The van der Waals surface area contributed by atoms with Crippen LogP contribution in [0.4, 0.5) is 0 Å². The van der Waals surface area contributed by atoms with E-state index >= 15 is 0 Å². The number of nitrogens with zero attached hydrogens (tertiary/aromatic N) is 3. The number of hydrogen-bond acceptors (Lipinski definition) is 3. The lowest BCUT2D eigenvalue weighted by molar-refractivity contribution is 0.828. The lowest BCUT2D eigenvalue weighted by Gasteiger charge is -2.06. The van der Waals surface area contributed by atoms with Crippen LogP contribution in [0.2, 0.25) is 0 Å². The minimum Gasteiger partial charge on any atom is -0.337 e. The fourth-order valence-electron chi connectivity index (χ4n) is 3.33. The fourth-order valence-corrected chi connectivity index (χ4v) is 3.33. The second kappa shape index (κ2) is 6.71. The number of aromatic amines is 2. The van der Waals surface area contributed by atoms with Crippen LogP contribution in [0.1, 0.15) is 28.2 Å². The molecule has 0 spiro atoms. The Kier molecular flexibility index (Phi) is 4.21. The lowest BCUT2D eigenvalue weighted by Crippen LogP contribution is -2.17. The molecule has 2 N–H and O–H groups in total. The number of para-hydroxylation sites is 2. The van der Waals surface area contributed by atoms with Crippen molar-refractivity contribution in [3.8, 4) is 11.8 Å². The van der Waals surface area contributed by atoms with Crippen LogP contribution >= 0.6 is 0 Å². The summed E-state index contributed by atoms with van der Waals surface area (Å²) >= 11 is 0. The topological polar surface area (TPSA) is 90.3 Å². The van der Waals surface area contributed by atoms with Crippen LogP contribution in [0.5, 0.6) is 0 Å². The van der Waals surface area contributed by atoms with Gasteiger partial charge in [-0.25, -0.2) is 9.67 Å². The number of allylic oxidation sites excluding steroid dienone is 1. The van der Waals surface area contributed by atoms with Gasteiger partial charge in [-0.1, -0.05) is 29.8 Å². The number of nitrogens with one attached hydrogen (secondary N) is 2. The van der Waals surface area contributed by atoms with Gasteiger partial charge in [0.2, 0.25) is 0 Å². The standard InChI is InChI=1S/C22H19N5O/c1-13-8-9-20(14(2)10-13)27-22(28)17(15(3)26-27)11-16(12-23)21-24-18-6-4-5-7-19(18)25-21/h4-11,26H,1-3H3,(H,24,25). The van der Waals surface area contributed by atoms with E-state index in [0.29, 0.717) is 22.7 Å². The minimum absolute atomic E-state index is 0.201. The molecule has 28 heavy (non-hydrogen) atoms. The quantitative estimate of drug-likeness (QED) is 0.534. The molecule has 2 heterocycles. The van der Waals surface area contributed by atoms with Crippen LogP contribution in [0, 0.1) is 32.1 Å². The van der Waals surface area contributed by atoms with Gasteiger partial charge in [-0.05, 0) is 50.6 Å². The molecule has 0 fully saturated rings. The molecule has 2 aromatic heterocycles. The molecule has 2 aromatic carbocycles. The van der Waals surface area contributed by atoms with Crippen molar-refractivity contribution in [3.63, 3.8) is 0 Å². The third-order valence-corrected chi connectivity index (χ3v) is 4.76. The molecule has 0 bridgehead atoms. The zero-order valence-electron chi connectivity index (χ0n) is 15.9. The normalized spacial score (nSPS) is 11.7. The maximum Gasteiger partial charge on any atom is 0.278 e. The number of rotatable bonds is 3. The van der Waals surface area contributed by atoms with Gasteiger partial charge in [0.15, 0.2) is 0 Å². The third kappa shape index (κ3) is 2.93. The van der Waals surface area contributed by atoms with Crippen LogP contribution in [0.15, 0.2) is 47.3 Å². The van der Waals surface area contributed by atoms with Crippen LogP contribution in [0.3, 0.4) is 0 Å². The molecule has 0 aliphatic carbocycles. The summed E-state index contributed by atoms with van der Waals surface area (Å²) in [6, 6.07) is 15.6. The van der Waals surface area contributed by atoms with E-state index in [0.717, 1.165) is 27.8 Å². The molecule has 0 saturated heterocycles. The van der Waals surface area contributed by atoms with Crippen molar-refractivity contribution in [2.24, 2.45) is 0 Å². The largest absolute Gasteiger partial charge is 0.337 e. The van der Waals surface area contributed by atoms with E-state index in [1.165, 1.54) is 4.68 Å². The van der Waals surface area contributed by atoms with E-state index in [9.17, 15) is 10.1 Å². The zero-order valence-corrected chi connectivity index (χ0v) is 15.9. The van der Waals surface area contributed by atoms with Gasteiger partial charge >= 0.3 is 0 Å². The molecule has 4 rings (SSSR count). The summed E-state index contributed by atoms with van der Waals surface area (Å²) in [6.07, 6.45) is 1.59. The maximum atomic E-state index is 13.0. The zero-order chi connectivity index (χ0) is 19.8. The number of H-pyrrole nitrogens is 2. The SMILES string of the molecule is Cc1ccc(-n2[nH]c(C)c(C=C(C#N)c3nc4ccccc4[nH]3)c2=O)c(C)c1. The first-order valence-electron chi connectivity index (χ1n) is 8.94. The fraction of sp³-hybridized carbons (Fsp3) is 0.136. The van der Waals surface area contributed by atoms with Gasteiger partial charge < -0.3 is 4.98 Å². The Balaban J connectivity index is 1.83. The van der Waals surface area contributed by atoms with Crippen molar-refractivity contribution in [1.29, 1.82) is 5.26 Å². The Morgan fingerprint density at radius 2 is 1.96 bits per heavy atom. The molecular weight excluding hydrogens is 350 g/mol. The summed E-state index contributed by atoms with van der Waals surface area (Å²) in [6.45, 7) is 5.80. The highest BCUT2D eigenvalue weighted by Gasteiger charge is 2.15. The molecule has 4 aromatic rings. The maximum absolute atomic E-state index is 13.0. The molecule has 0 atom stereocenters. The Hall–Kier alpha value is -3.85. The summed E-state index contributed by atoms with van der Waals surface area (Å²) < 4.78 is 1.52. The molecule has 0 amide bonds. The number of aromatic nitrogens is 4. The Morgan fingerprint density at radius 1 is 1.18 bits per heavy atom. The third-order valence-electron chi connectivity index (χ3n) is 4.76. The average molecular weight is 369 g/mol. The van der Waals surface area contributed by atoms with Crippen molar-refractivity contribution in [3.05, 3.63) is 81.0 Å². The van der Waals surface area contributed by atoms with E-state index in [1.54, 1.807) is 6.08 Å². The Morgan fingerprint density at radius 3 is 2.68 bits per heavy atom.